The number of carbonyl (C=O) groups is 1. The Morgan fingerprint density at radius 2 is 1.79 bits per heavy atom. The normalized spacial score (nSPS) is 17.3. The number of halogens is 1. The van der Waals surface area contributed by atoms with Crippen molar-refractivity contribution in [3.05, 3.63) is 59.9 Å². The van der Waals surface area contributed by atoms with Gasteiger partial charge < -0.3 is 10.0 Å². The number of allylic oxidation sites excluding steroid dienone is 1. The number of carboxylic acid groups (broad SMARTS) is 1. The zero-order chi connectivity index (χ0) is 23.0. The maximum Gasteiger partial charge on any atom is 0.309 e. The van der Waals surface area contributed by atoms with Crippen LogP contribution >= 0.6 is 0 Å². The highest BCUT2D eigenvalue weighted by molar-refractivity contribution is 5.74. The number of piperidine rings is 1. The molecule has 1 saturated heterocycles. The third kappa shape index (κ3) is 4.33. The molecule has 7 nitrogen and oxygen atoms in total. The molecular formula is C25H24FN5O2. The van der Waals surface area contributed by atoms with E-state index in [0.717, 1.165) is 28.3 Å². The number of aryl methyl sites for hydroxylation is 1. The molecule has 2 aliphatic rings. The van der Waals surface area contributed by atoms with E-state index in [-0.39, 0.29) is 5.83 Å². The molecule has 1 N–H and O–H groups in total. The van der Waals surface area contributed by atoms with Crippen LogP contribution < -0.4 is 4.90 Å². The van der Waals surface area contributed by atoms with Gasteiger partial charge in [0, 0.05) is 48.7 Å². The van der Waals surface area contributed by atoms with Crippen molar-refractivity contribution in [1.29, 1.82) is 0 Å². The number of pyridine rings is 2. The van der Waals surface area contributed by atoms with E-state index < -0.39 is 11.4 Å². The summed E-state index contributed by atoms with van der Waals surface area (Å²) in [6.07, 6.45) is 7.07. The molecule has 1 aliphatic carbocycles. The molecule has 33 heavy (non-hydrogen) atoms. The second-order valence-corrected chi connectivity index (χ2v) is 8.89. The van der Waals surface area contributed by atoms with Gasteiger partial charge in [0.25, 0.3) is 0 Å². The molecule has 0 spiro atoms. The minimum absolute atomic E-state index is 0.179. The van der Waals surface area contributed by atoms with E-state index in [1.165, 1.54) is 6.08 Å². The number of aliphatic carboxylic acids is 1. The number of rotatable bonds is 4. The van der Waals surface area contributed by atoms with Crippen LogP contribution in [0.5, 0.6) is 0 Å². The summed E-state index contributed by atoms with van der Waals surface area (Å²) in [6.45, 7) is 3.15. The highest BCUT2D eigenvalue weighted by Gasteiger charge is 2.37. The third-order valence-electron chi connectivity index (χ3n) is 6.50. The fourth-order valence-electron chi connectivity index (χ4n) is 4.19. The van der Waals surface area contributed by atoms with E-state index >= 15 is 0 Å². The standard InChI is InChI=1S/C25H24FN5O2/c1-25(24(32)33)8-10-31(11-9-25)22-7-3-16(14-28-22)21-6-2-17(15-27-21)23-29-19-5-4-18(26)12-20(13-19)30-23/h2-3,6-7,12-15H,4-5,8-11H2,1H3,(H,32,33). The zero-order valence-electron chi connectivity index (χ0n) is 18.3. The Hall–Kier alpha value is -3.68. The minimum Gasteiger partial charge on any atom is -0.481 e. The topological polar surface area (TPSA) is 92.1 Å². The molecule has 1 aliphatic heterocycles. The van der Waals surface area contributed by atoms with Crippen LogP contribution in [0.25, 0.3) is 28.7 Å². The largest absolute Gasteiger partial charge is 0.481 e. The van der Waals surface area contributed by atoms with Crippen LogP contribution in [0.1, 0.15) is 37.6 Å². The van der Waals surface area contributed by atoms with E-state index in [2.05, 4.69) is 24.8 Å². The average molecular weight is 445 g/mol. The summed E-state index contributed by atoms with van der Waals surface area (Å²) >= 11 is 0. The second kappa shape index (κ2) is 8.35. The Kier molecular flexibility index (Phi) is 5.36. The molecular weight excluding hydrogens is 421 g/mol. The van der Waals surface area contributed by atoms with Gasteiger partial charge in [0.2, 0.25) is 0 Å². The predicted octanol–water partition coefficient (Wildman–Crippen LogP) is 4.55. The number of hydrogen-bond acceptors (Lipinski definition) is 6. The fourth-order valence-corrected chi connectivity index (χ4v) is 4.19. The third-order valence-corrected chi connectivity index (χ3v) is 6.50. The van der Waals surface area contributed by atoms with Gasteiger partial charge in [0.15, 0.2) is 5.82 Å². The van der Waals surface area contributed by atoms with Crippen molar-refractivity contribution in [3.63, 3.8) is 0 Å². The molecule has 5 rings (SSSR count). The van der Waals surface area contributed by atoms with Gasteiger partial charge in [-0.05, 0) is 62.6 Å². The Bertz CT molecular complexity index is 1220. The van der Waals surface area contributed by atoms with Crippen LogP contribution in [0.2, 0.25) is 0 Å². The first-order valence-corrected chi connectivity index (χ1v) is 11.0. The minimum atomic E-state index is -0.732. The van der Waals surface area contributed by atoms with Crippen LogP contribution in [0.15, 0.2) is 48.6 Å². The van der Waals surface area contributed by atoms with Crippen molar-refractivity contribution >= 4 is 17.9 Å². The number of nitrogens with zero attached hydrogens (tertiary/aromatic N) is 5. The highest BCUT2D eigenvalue weighted by atomic mass is 19.1. The molecule has 3 aromatic heterocycles. The van der Waals surface area contributed by atoms with Crippen molar-refractivity contribution in [1.82, 2.24) is 19.9 Å². The van der Waals surface area contributed by atoms with E-state index in [1.54, 1.807) is 12.4 Å². The summed E-state index contributed by atoms with van der Waals surface area (Å²) in [5.41, 5.74) is 3.18. The number of carboxylic acids is 1. The van der Waals surface area contributed by atoms with Gasteiger partial charge in [-0.3, -0.25) is 9.78 Å². The molecule has 0 amide bonds. The van der Waals surface area contributed by atoms with Crippen molar-refractivity contribution < 1.29 is 14.3 Å². The highest BCUT2D eigenvalue weighted by Crippen LogP contribution is 2.33. The number of aromatic nitrogens is 4. The lowest BCUT2D eigenvalue weighted by Crippen LogP contribution is -2.43. The van der Waals surface area contributed by atoms with Crippen LogP contribution in [-0.4, -0.2) is 44.1 Å². The predicted molar refractivity (Wildman–Crippen MR) is 123 cm³/mol. The van der Waals surface area contributed by atoms with E-state index in [1.807, 2.05) is 37.3 Å². The lowest BCUT2D eigenvalue weighted by atomic mass is 9.80. The Morgan fingerprint density at radius 3 is 2.45 bits per heavy atom. The van der Waals surface area contributed by atoms with Gasteiger partial charge in [0.1, 0.15) is 11.6 Å². The molecule has 0 radical (unpaired) electrons. The van der Waals surface area contributed by atoms with E-state index in [0.29, 0.717) is 50.3 Å². The van der Waals surface area contributed by atoms with Crippen LogP contribution in [0, 0.1) is 5.41 Å². The molecule has 0 atom stereocenters. The molecule has 0 saturated carbocycles. The maximum absolute atomic E-state index is 13.7. The molecule has 0 aromatic carbocycles. The Labute approximate surface area is 191 Å². The monoisotopic (exact) mass is 445 g/mol. The van der Waals surface area contributed by atoms with Crippen LogP contribution in [-0.2, 0) is 11.2 Å². The quantitative estimate of drug-likeness (QED) is 0.630. The fraction of sp³-hybridized carbons (Fsp3) is 0.320. The van der Waals surface area contributed by atoms with E-state index in [9.17, 15) is 14.3 Å². The summed E-state index contributed by atoms with van der Waals surface area (Å²) in [4.78, 5) is 31.7. The SMILES string of the molecule is CC1(C(=O)O)CCN(c2ccc(-c3ccc(-c4nc5cc(n4)CCC(F)=C5)cn3)cn2)CC1. The lowest BCUT2D eigenvalue weighted by Gasteiger charge is -2.37. The summed E-state index contributed by atoms with van der Waals surface area (Å²) in [5, 5.41) is 9.41. The lowest BCUT2D eigenvalue weighted by molar-refractivity contribution is -0.149. The average Bonchev–Trinajstić information content (AvgIpc) is 2.96. The van der Waals surface area contributed by atoms with Crippen molar-refractivity contribution in [2.45, 2.75) is 32.6 Å². The van der Waals surface area contributed by atoms with Gasteiger partial charge in [-0.2, -0.15) is 0 Å². The first kappa shape index (κ1) is 21.2. The molecule has 0 unspecified atom stereocenters. The number of fused-ring (bicyclic) bond motifs is 2. The smallest absolute Gasteiger partial charge is 0.309 e. The first-order valence-electron chi connectivity index (χ1n) is 11.0. The Balaban J connectivity index is 1.31. The van der Waals surface area contributed by atoms with Crippen LogP contribution in [0.3, 0.4) is 0 Å². The molecule has 168 valence electrons. The molecule has 3 aromatic rings. The molecule has 4 heterocycles. The summed E-state index contributed by atoms with van der Waals surface area (Å²) in [6, 6.07) is 9.55. The number of hydrogen-bond donors (Lipinski definition) is 1. The summed E-state index contributed by atoms with van der Waals surface area (Å²) in [5.74, 6) is 0.469. The van der Waals surface area contributed by atoms with Crippen molar-refractivity contribution in [2.75, 3.05) is 18.0 Å². The van der Waals surface area contributed by atoms with Gasteiger partial charge >= 0.3 is 5.97 Å². The second-order valence-electron chi connectivity index (χ2n) is 8.89. The Morgan fingerprint density at radius 1 is 1.03 bits per heavy atom. The molecule has 1 fully saturated rings. The number of anilines is 1. The van der Waals surface area contributed by atoms with Gasteiger partial charge in [-0.15, -0.1) is 0 Å². The molecule has 2 bridgehead atoms. The van der Waals surface area contributed by atoms with Gasteiger partial charge in [-0.25, -0.2) is 19.3 Å². The first-order chi connectivity index (χ1) is 15.9. The van der Waals surface area contributed by atoms with Gasteiger partial charge in [0.05, 0.1) is 16.8 Å². The van der Waals surface area contributed by atoms with E-state index in [4.69, 9.17) is 0 Å². The van der Waals surface area contributed by atoms with Crippen molar-refractivity contribution in [3.8, 4) is 22.6 Å². The zero-order valence-corrected chi connectivity index (χ0v) is 18.3. The maximum atomic E-state index is 13.7. The summed E-state index contributed by atoms with van der Waals surface area (Å²) < 4.78 is 13.7. The molecule has 8 heteroatoms. The summed E-state index contributed by atoms with van der Waals surface area (Å²) in [7, 11) is 0. The van der Waals surface area contributed by atoms with Gasteiger partial charge in [-0.1, -0.05) is 0 Å². The van der Waals surface area contributed by atoms with Crippen LogP contribution in [0.4, 0.5) is 10.2 Å². The van der Waals surface area contributed by atoms with Crippen molar-refractivity contribution in [2.24, 2.45) is 5.41 Å².